The van der Waals surface area contributed by atoms with E-state index in [1.807, 2.05) is 6.92 Å². The normalized spacial score (nSPS) is 14.8. The van der Waals surface area contributed by atoms with Gasteiger partial charge in [0.15, 0.2) is 9.84 Å². The lowest BCUT2D eigenvalue weighted by atomic mass is 9.90. The van der Waals surface area contributed by atoms with Gasteiger partial charge in [-0.2, -0.15) is 0 Å². The van der Waals surface area contributed by atoms with Gasteiger partial charge in [0, 0.05) is 17.6 Å². The van der Waals surface area contributed by atoms with Gasteiger partial charge in [-0.1, -0.05) is 13.8 Å². The van der Waals surface area contributed by atoms with E-state index in [9.17, 15) is 13.2 Å². The van der Waals surface area contributed by atoms with Gasteiger partial charge >= 0.3 is 0 Å². The summed E-state index contributed by atoms with van der Waals surface area (Å²) >= 11 is 0. The molecule has 0 bridgehead atoms. The topological polar surface area (TPSA) is 89.3 Å². The van der Waals surface area contributed by atoms with Gasteiger partial charge in [-0.15, -0.1) is 0 Å². The van der Waals surface area contributed by atoms with E-state index >= 15 is 0 Å². The first-order chi connectivity index (χ1) is 10.5. The minimum Gasteiger partial charge on any atom is -0.346 e. The van der Waals surface area contributed by atoms with Crippen molar-refractivity contribution in [3.8, 4) is 0 Å². The minimum absolute atomic E-state index is 0.229. The predicted octanol–water partition coefficient (Wildman–Crippen LogP) is 2.36. The van der Waals surface area contributed by atoms with Crippen LogP contribution in [-0.2, 0) is 9.84 Å². The van der Waals surface area contributed by atoms with E-state index < -0.39 is 20.6 Å². The summed E-state index contributed by atoms with van der Waals surface area (Å²) in [5.41, 5.74) is 5.75. The third kappa shape index (κ3) is 5.04. The van der Waals surface area contributed by atoms with Gasteiger partial charge in [-0.05, 0) is 57.4 Å². The monoisotopic (exact) mass is 340 g/mol. The minimum atomic E-state index is -3.33. The number of hydrogen-bond donors (Lipinski definition) is 2. The lowest BCUT2D eigenvalue weighted by Crippen LogP contribution is -2.52. The average molecular weight is 340 g/mol. The molecule has 1 rings (SSSR count). The Morgan fingerprint density at radius 1 is 1.17 bits per heavy atom. The van der Waals surface area contributed by atoms with Crippen LogP contribution >= 0.6 is 0 Å². The second kappa shape index (κ2) is 7.45. The molecule has 5 nitrogen and oxygen atoms in total. The van der Waals surface area contributed by atoms with Crippen LogP contribution in [0.5, 0.6) is 0 Å². The Morgan fingerprint density at radius 2 is 1.70 bits per heavy atom. The molecule has 0 saturated heterocycles. The van der Waals surface area contributed by atoms with Crippen molar-refractivity contribution in [2.75, 3.05) is 6.54 Å². The molecule has 0 aliphatic rings. The quantitative estimate of drug-likeness (QED) is 0.797. The molecule has 0 fully saturated rings. The highest BCUT2D eigenvalue weighted by Crippen LogP contribution is 2.19. The first-order valence-corrected chi connectivity index (χ1v) is 9.43. The van der Waals surface area contributed by atoms with Crippen LogP contribution in [0.15, 0.2) is 29.2 Å². The van der Waals surface area contributed by atoms with Crippen molar-refractivity contribution in [2.45, 2.75) is 56.7 Å². The standard InChI is InChI=1S/C17H28N2O3S/c1-12(2)10-17(5,11-18)19-16(20)14-6-8-15(9-7-14)23(21,22)13(3)4/h6-9,12-13H,10-11,18H2,1-5H3,(H,19,20). The molecule has 1 aromatic rings. The molecule has 130 valence electrons. The number of nitrogens with two attached hydrogens (primary N) is 1. The number of rotatable bonds is 7. The largest absolute Gasteiger partial charge is 0.346 e. The van der Waals surface area contributed by atoms with E-state index in [0.29, 0.717) is 18.0 Å². The number of carbonyl (C=O) groups excluding carboxylic acids is 1. The molecule has 1 atom stereocenters. The number of hydrogen-bond acceptors (Lipinski definition) is 4. The molecular weight excluding hydrogens is 312 g/mol. The molecule has 0 spiro atoms. The Kier molecular flexibility index (Phi) is 6.36. The fourth-order valence-electron chi connectivity index (χ4n) is 2.50. The molecule has 0 aliphatic heterocycles. The van der Waals surface area contributed by atoms with Crippen molar-refractivity contribution >= 4 is 15.7 Å². The van der Waals surface area contributed by atoms with Gasteiger partial charge in [-0.3, -0.25) is 4.79 Å². The number of benzene rings is 1. The highest BCUT2D eigenvalue weighted by atomic mass is 32.2. The zero-order valence-electron chi connectivity index (χ0n) is 14.6. The van der Waals surface area contributed by atoms with E-state index in [0.717, 1.165) is 6.42 Å². The van der Waals surface area contributed by atoms with Crippen LogP contribution in [0.2, 0.25) is 0 Å². The molecule has 3 N–H and O–H groups in total. The van der Waals surface area contributed by atoms with Gasteiger partial charge < -0.3 is 11.1 Å². The summed E-state index contributed by atoms with van der Waals surface area (Å²) in [5.74, 6) is 0.162. The second-order valence-electron chi connectivity index (χ2n) is 6.94. The molecule has 1 unspecified atom stereocenters. The SMILES string of the molecule is CC(C)CC(C)(CN)NC(=O)c1ccc(S(=O)(=O)C(C)C)cc1. The molecule has 0 heterocycles. The van der Waals surface area contributed by atoms with Gasteiger partial charge in [0.1, 0.15) is 0 Å². The van der Waals surface area contributed by atoms with Crippen molar-refractivity contribution in [1.82, 2.24) is 5.32 Å². The first kappa shape index (κ1) is 19.6. The smallest absolute Gasteiger partial charge is 0.251 e. The van der Waals surface area contributed by atoms with Crippen molar-refractivity contribution in [2.24, 2.45) is 11.7 Å². The molecule has 23 heavy (non-hydrogen) atoms. The summed E-state index contributed by atoms with van der Waals surface area (Å²) in [6.07, 6.45) is 0.773. The van der Waals surface area contributed by atoms with Crippen LogP contribution < -0.4 is 11.1 Å². The maximum atomic E-state index is 12.4. The zero-order valence-corrected chi connectivity index (χ0v) is 15.4. The van der Waals surface area contributed by atoms with E-state index in [4.69, 9.17) is 5.73 Å². The molecule has 1 amide bonds. The Morgan fingerprint density at radius 3 is 2.09 bits per heavy atom. The van der Waals surface area contributed by atoms with Crippen LogP contribution in [0, 0.1) is 5.92 Å². The number of nitrogens with one attached hydrogen (secondary N) is 1. The second-order valence-corrected chi connectivity index (χ2v) is 9.44. The highest BCUT2D eigenvalue weighted by Gasteiger charge is 2.26. The number of carbonyl (C=O) groups is 1. The zero-order chi connectivity index (χ0) is 17.8. The predicted molar refractivity (Wildman–Crippen MR) is 93.1 cm³/mol. The number of amides is 1. The summed E-state index contributed by atoms with van der Waals surface area (Å²) in [6.45, 7) is 9.68. The third-order valence-corrected chi connectivity index (χ3v) is 5.96. The van der Waals surface area contributed by atoms with Gasteiger partial charge in [0.05, 0.1) is 10.1 Å². The van der Waals surface area contributed by atoms with Crippen molar-refractivity contribution in [3.63, 3.8) is 0 Å². The van der Waals surface area contributed by atoms with Crippen LogP contribution in [-0.4, -0.2) is 31.7 Å². The molecule has 6 heteroatoms. The fourth-order valence-corrected chi connectivity index (χ4v) is 3.56. The van der Waals surface area contributed by atoms with Crippen molar-refractivity contribution in [3.05, 3.63) is 29.8 Å². The summed E-state index contributed by atoms with van der Waals surface area (Å²) in [7, 11) is -3.33. The van der Waals surface area contributed by atoms with Crippen LogP contribution in [0.4, 0.5) is 0 Å². The Balaban J connectivity index is 2.94. The Bertz CT molecular complexity index is 636. The van der Waals surface area contributed by atoms with Crippen molar-refractivity contribution < 1.29 is 13.2 Å². The van der Waals surface area contributed by atoms with E-state index in [1.54, 1.807) is 13.8 Å². The van der Waals surface area contributed by atoms with E-state index in [-0.39, 0.29) is 10.8 Å². The van der Waals surface area contributed by atoms with Gasteiger partial charge in [0.2, 0.25) is 0 Å². The molecule has 0 saturated carbocycles. The lowest BCUT2D eigenvalue weighted by molar-refractivity contribution is 0.0898. The highest BCUT2D eigenvalue weighted by molar-refractivity contribution is 7.92. The molecule has 1 aromatic carbocycles. The molecule has 0 aliphatic carbocycles. The summed E-state index contributed by atoms with van der Waals surface area (Å²) in [4.78, 5) is 12.6. The average Bonchev–Trinajstić information content (AvgIpc) is 2.46. The third-order valence-electron chi connectivity index (χ3n) is 3.79. The maximum Gasteiger partial charge on any atom is 0.251 e. The lowest BCUT2D eigenvalue weighted by Gasteiger charge is -2.31. The molecule has 0 radical (unpaired) electrons. The molecular formula is C17H28N2O3S. The van der Waals surface area contributed by atoms with Gasteiger partial charge in [0.25, 0.3) is 5.91 Å². The summed E-state index contributed by atoms with van der Waals surface area (Å²) in [5, 5.41) is 2.47. The van der Waals surface area contributed by atoms with Crippen LogP contribution in [0.3, 0.4) is 0 Å². The van der Waals surface area contributed by atoms with Crippen molar-refractivity contribution in [1.29, 1.82) is 0 Å². The number of sulfone groups is 1. The van der Waals surface area contributed by atoms with Gasteiger partial charge in [-0.25, -0.2) is 8.42 Å². The van der Waals surface area contributed by atoms with Crippen LogP contribution in [0.25, 0.3) is 0 Å². The molecule has 0 aromatic heterocycles. The summed E-state index contributed by atoms with van der Waals surface area (Å²) in [6, 6.07) is 6.03. The maximum absolute atomic E-state index is 12.4. The van der Waals surface area contributed by atoms with Crippen LogP contribution in [0.1, 0.15) is 51.4 Å². The Labute approximate surface area is 139 Å². The van der Waals surface area contributed by atoms with E-state index in [2.05, 4.69) is 19.2 Å². The fraction of sp³-hybridized carbons (Fsp3) is 0.588. The summed E-state index contributed by atoms with van der Waals surface area (Å²) < 4.78 is 24.2. The first-order valence-electron chi connectivity index (χ1n) is 7.88. The Hall–Kier alpha value is -1.40. The van der Waals surface area contributed by atoms with E-state index in [1.165, 1.54) is 24.3 Å².